The highest BCUT2D eigenvalue weighted by atomic mass is 79.9. The first-order valence-electron chi connectivity index (χ1n) is 5.75. The molecule has 0 aromatic carbocycles. The monoisotopic (exact) mass is 312 g/mol. The summed E-state index contributed by atoms with van der Waals surface area (Å²) in [5.41, 5.74) is 0.463. The van der Waals surface area contributed by atoms with Gasteiger partial charge in [0.05, 0.1) is 0 Å². The number of carbonyl (C=O) groups excluding carboxylic acids is 1. The van der Waals surface area contributed by atoms with Gasteiger partial charge >= 0.3 is 5.97 Å². The van der Waals surface area contributed by atoms with E-state index in [0.717, 1.165) is 12.8 Å². The van der Waals surface area contributed by atoms with Gasteiger partial charge < -0.3 is 10.0 Å². The molecule has 5 nitrogen and oxygen atoms in total. The highest BCUT2D eigenvalue weighted by molar-refractivity contribution is 9.10. The first kappa shape index (κ1) is 13.0. The number of carbonyl (C=O) groups is 2. The van der Waals surface area contributed by atoms with Crippen LogP contribution in [0.5, 0.6) is 0 Å². The predicted octanol–water partition coefficient (Wildman–Crippen LogP) is 1.92. The van der Waals surface area contributed by atoms with Crippen LogP contribution in [-0.4, -0.2) is 39.5 Å². The first-order chi connectivity index (χ1) is 8.59. The van der Waals surface area contributed by atoms with E-state index in [2.05, 4.69) is 20.9 Å². The van der Waals surface area contributed by atoms with Gasteiger partial charge in [-0.25, -0.2) is 9.78 Å². The Balaban J connectivity index is 2.23. The summed E-state index contributed by atoms with van der Waals surface area (Å²) in [5, 5.41) is 9.14. The van der Waals surface area contributed by atoms with Crippen molar-refractivity contribution in [3.63, 3.8) is 0 Å². The van der Waals surface area contributed by atoms with Gasteiger partial charge in [-0.1, -0.05) is 0 Å². The van der Waals surface area contributed by atoms with Gasteiger partial charge in [0, 0.05) is 18.3 Å². The molecule has 1 aliphatic heterocycles. The number of amides is 1. The molecule has 0 spiro atoms. The lowest BCUT2D eigenvalue weighted by Crippen LogP contribution is -2.48. The predicted molar refractivity (Wildman–Crippen MR) is 68.2 cm³/mol. The number of aromatic nitrogens is 1. The molecule has 1 amide bonds. The minimum Gasteiger partial charge on any atom is -0.480 e. The van der Waals surface area contributed by atoms with Crippen molar-refractivity contribution in [2.75, 3.05) is 6.54 Å². The zero-order chi connectivity index (χ0) is 13.1. The van der Waals surface area contributed by atoms with E-state index >= 15 is 0 Å². The second-order valence-electron chi connectivity index (χ2n) is 4.22. The van der Waals surface area contributed by atoms with E-state index in [1.165, 1.54) is 11.1 Å². The lowest BCUT2D eigenvalue weighted by atomic mass is 10.0. The second kappa shape index (κ2) is 5.48. The largest absolute Gasteiger partial charge is 0.480 e. The molecular formula is C12H13BrN2O3. The van der Waals surface area contributed by atoms with Crippen molar-refractivity contribution in [1.29, 1.82) is 0 Å². The van der Waals surface area contributed by atoms with Crippen LogP contribution in [0, 0.1) is 0 Å². The third kappa shape index (κ3) is 2.69. The molecule has 96 valence electrons. The molecular weight excluding hydrogens is 300 g/mol. The lowest BCUT2D eigenvalue weighted by molar-refractivity contribution is -0.143. The summed E-state index contributed by atoms with van der Waals surface area (Å²) in [6.07, 6.45) is 3.74. The summed E-state index contributed by atoms with van der Waals surface area (Å²) >= 11 is 3.20. The molecule has 2 heterocycles. The molecule has 1 aliphatic rings. The molecule has 1 saturated heterocycles. The van der Waals surface area contributed by atoms with Crippen LogP contribution < -0.4 is 0 Å². The molecule has 0 radical (unpaired) electrons. The van der Waals surface area contributed by atoms with Crippen LogP contribution in [0.15, 0.2) is 22.9 Å². The van der Waals surface area contributed by atoms with Crippen LogP contribution in [0.3, 0.4) is 0 Å². The Morgan fingerprint density at radius 2 is 2.22 bits per heavy atom. The molecule has 0 unspecified atom stereocenters. The van der Waals surface area contributed by atoms with Crippen LogP contribution in [0.25, 0.3) is 0 Å². The van der Waals surface area contributed by atoms with E-state index in [0.29, 0.717) is 23.1 Å². The fourth-order valence-electron chi connectivity index (χ4n) is 2.13. The smallest absolute Gasteiger partial charge is 0.326 e. The maximum atomic E-state index is 12.3. The third-order valence-electron chi connectivity index (χ3n) is 3.02. The molecule has 0 aliphatic carbocycles. The van der Waals surface area contributed by atoms with Gasteiger partial charge in [0.15, 0.2) is 0 Å². The average molecular weight is 313 g/mol. The second-order valence-corrected chi connectivity index (χ2v) is 5.03. The van der Waals surface area contributed by atoms with Crippen LogP contribution >= 0.6 is 15.9 Å². The Bertz CT molecular complexity index is 478. The Morgan fingerprint density at radius 3 is 2.89 bits per heavy atom. The van der Waals surface area contributed by atoms with Crippen molar-refractivity contribution < 1.29 is 14.7 Å². The van der Waals surface area contributed by atoms with Gasteiger partial charge in [0.1, 0.15) is 10.6 Å². The molecule has 1 atom stereocenters. The summed E-state index contributed by atoms with van der Waals surface area (Å²) in [6, 6.07) is 2.49. The summed E-state index contributed by atoms with van der Waals surface area (Å²) in [5.74, 6) is -1.18. The number of rotatable bonds is 2. The van der Waals surface area contributed by atoms with Crippen molar-refractivity contribution in [1.82, 2.24) is 9.88 Å². The normalized spacial score (nSPS) is 19.6. The van der Waals surface area contributed by atoms with Crippen molar-refractivity contribution in [3.05, 3.63) is 28.5 Å². The van der Waals surface area contributed by atoms with Gasteiger partial charge in [0.25, 0.3) is 5.91 Å². The number of likely N-dealkylation sites (tertiary alicyclic amines) is 1. The molecule has 1 fully saturated rings. The van der Waals surface area contributed by atoms with Crippen molar-refractivity contribution in [2.45, 2.75) is 25.3 Å². The maximum Gasteiger partial charge on any atom is 0.326 e. The van der Waals surface area contributed by atoms with Crippen molar-refractivity contribution in [2.24, 2.45) is 0 Å². The third-order valence-corrected chi connectivity index (χ3v) is 3.46. The zero-order valence-electron chi connectivity index (χ0n) is 9.67. The minimum atomic E-state index is -0.934. The van der Waals surface area contributed by atoms with E-state index in [4.69, 9.17) is 5.11 Å². The molecule has 1 aromatic heterocycles. The average Bonchev–Trinajstić information content (AvgIpc) is 2.38. The van der Waals surface area contributed by atoms with Crippen LogP contribution in [-0.2, 0) is 4.79 Å². The number of halogens is 1. The van der Waals surface area contributed by atoms with E-state index < -0.39 is 12.0 Å². The van der Waals surface area contributed by atoms with Gasteiger partial charge in [-0.3, -0.25) is 4.79 Å². The number of aliphatic carboxylic acids is 1. The number of carboxylic acid groups (broad SMARTS) is 1. The summed E-state index contributed by atoms with van der Waals surface area (Å²) in [6.45, 7) is 0.496. The Labute approximate surface area is 113 Å². The van der Waals surface area contributed by atoms with E-state index in [9.17, 15) is 9.59 Å². The number of hydrogen-bond donors (Lipinski definition) is 1. The Morgan fingerprint density at radius 1 is 1.44 bits per heavy atom. The lowest BCUT2D eigenvalue weighted by Gasteiger charge is -2.33. The van der Waals surface area contributed by atoms with Crippen LogP contribution in [0.1, 0.15) is 29.6 Å². The fourth-order valence-corrected chi connectivity index (χ4v) is 2.50. The van der Waals surface area contributed by atoms with Gasteiger partial charge in [0.2, 0.25) is 0 Å². The van der Waals surface area contributed by atoms with Gasteiger partial charge in [-0.15, -0.1) is 0 Å². The Hall–Kier alpha value is -1.43. The van der Waals surface area contributed by atoms with Gasteiger partial charge in [-0.2, -0.15) is 0 Å². The molecule has 18 heavy (non-hydrogen) atoms. The summed E-state index contributed by atoms with van der Waals surface area (Å²) in [4.78, 5) is 28.8. The molecule has 6 heteroatoms. The van der Waals surface area contributed by atoms with Crippen LogP contribution in [0.2, 0.25) is 0 Å². The molecule has 0 bridgehead atoms. The number of hydrogen-bond acceptors (Lipinski definition) is 3. The summed E-state index contributed by atoms with van der Waals surface area (Å²) < 4.78 is 0.567. The fraction of sp³-hybridized carbons (Fsp3) is 0.417. The minimum absolute atomic E-state index is 0.245. The number of piperidine rings is 1. The number of pyridine rings is 1. The quantitative estimate of drug-likeness (QED) is 0.847. The highest BCUT2D eigenvalue weighted by Crippen LogP contribution is 2.20. The zero-order valence-corrected chi connectivity index (χ0v) is 11.3. The van der Waals surface area contributed by atoms with Crippen LogP contribution in [0.4, 0.5) is 0 Å². The van der Waals surface area contributed by atoms with E-state index in [1.807, 2.05) is 0 Å². The molecule has 1 aromatic rings. The molecule has 2 rings (SSSR count). The van der Waals surface area contributed by atoms with E-state index in [1.54, 1.807) is 12.1 Å². The van der Waals surface area contributed by atoms with Crippen molar-refractivity contribution in [3.8, 4) is 0 Å². The van der Waals surface area contributed by atoms with E-state index in [-0.39, 0.29) is 5.91 Å². The number of nitrogens with zero attached hydrogens (tertiary/aromatic N) is 2. The summed E-state index contributed by atoms with van der Waals surface area (Å²) in [7, 11) is 0. The first-order valence-corrected chi connectivity index (χ1v) is 6.54. The molecule has 1 N–H and O–H groups in total. The number of carboxylic acids is 1. The van der Waals surface area contributed by atoms with Gasteiger partial charge in [-0.05, 0) is 47.3 Å². The topological polar surface area (TPSA) is 70.5 Å². The van der Waals surface area contributed by atoms with Crippen molar-refractivity contribution >= 4 is 27.8 Å². The maximum absolute atomic E-state index is 12.3. The highest BCUT2D eigenvalue weighted by Gasteiger charge is 2.32. The Kier molecular flexibility index (Phi) is 3.96. The molecule has 0 saturated carbocycles. The standard InChI is InChI=1S/C12H13BrN2O3/c13-10-7-8(4-5-14-10)11(16)15-6-2-1-3-9(15)12(17)18/h4-5,7,9H,1-3,6H2,(H,17,18)/t9-/m1/s1. The SMILES string of the molecule is O=C(O)[C@H]1CCCCN1C(=O)c1ccnc(Br)c1.